The zero-order valence-corrected chi connectivity index (χ0v) is 9.59. The van der Waals surface area contributed by atoms with Gasteiger partial charge >= 0.3 is 5.97 Å². The highest BCUT2D eigenvalue weighted by atomic mass is 16.5. The maximum atomic E-state index is 11.2. The second-order valence-corrected chi connectivity index (χ2v) is 3.65. The average molecular weight is 227 g/mol. The number of benzene rings is 1. The van der Waals surface area contributed by atoms with Crippen LogP contribution in [-0.4, -0.2) is 18.1 Å². The highest BCUT2D eigenvalue weighted by Gasteiger charge is 2.05. The van der Waals surface area contributed by atoms with Crippen LogP contribution in [-0.2, 0) is 16.0 Å². The van der Waals surface area contributed by atoms with Crippen LogP contribution in [0.5, 0.6) is 0 Å². The number of methoxy groups -OCH3 is 1. The maximum absolute atomic E-state index is 11.2. The quantitative estimate of drug-likeness (QED) is 0.756. The predicted octanol–water partition coefficient (Wildman–Crippen LogP) is 2.46. The van der Waals surface area contributed by atoms with Gasteiger partial charge in [0.2, 0.25) is 0 Å². The van der Waals surface area contributed by atoms with Crippen molar-refractivity contribution < 1.29 is 9.53 Å². The predicted molar refractivity (Wildman–Crippen MR) is 65.4 cm³/mol. The minimum atomic E-state index is -0.275. The van der Waals surface area contributed by atoms with Crippen molar-refractivity contribution in [2.24, 2.45) is 0 Å². The number of aromatic nitrogens is 1. The van der Waals surface area contributed by atoms with E-state index in [1.807, 2.05) is 42.5 Å². The van der Waals surface area contributed by atoms with E-state index < -0.39 is 0 Å². The summed E-state index contributed by atoms with van der Waals surface area (Å²) >= 11 is 0. The van der Waals surface area contributed by atoms with E-state index in [4.69, 9.17) is 0 Å². The SMILES string of the molecule is COC(=O)Cc1cc(-c2ccccc2)ccn1. The molecule has 3 nitrogen and oxygen atoms in total. The Labute approximate surface area is 100 Å². The smallest absolute Gasteiger partial charge is 0.311 e. The molecule has 86 valence electrons. The minimum absolute atomic E-state index is 0.206. The van der Waals surface area contributed by atoms with Crippen LogP contribution in [0.4, 0.5) is 0 Å². The normalized spacial score (nSPS) is 9.94. The molecule has 0 N–H and O–H groups in total. The van der Waals surface area contributed by atoms with E-state index in [0.717, 1.165) is 16.8 Å². The van der Waals surface area contributed by atoms with Gasteiger partial charge in [-0.05, 0) is 23.3 Å². The first kappa shape index (κ1) is 11.3. The number of hydrogen-bond donors (Lipinski definition) is 0. The minimum Gasteiger partial charge on any atom is -0.469 e. The fourth-order valence-corrected chi connectivity index (χ4v) is 1.61. The molecule has 3 heteroatoms. The molecule has 2 rings (SSSR count). The Kier molecular flexibility index (Phi) is 3.50. The van der Waals surface area contributed by atoms with Gasteiger partial charge in [0.25, 0.3) is 0 Å². The summed E-state index contributed by atoms with van der Waals surface area (Å²) in [7, 11) is 1.38. The zero-order chi connectivity index (χ0) is 12.1. The topological polar surface area (TPSA) is 39.2 Å². The first-order valence-corrected chi connectivity index (χ1v) is 5.37. The van der Waals surface area contributed by atoms with Crippen molar-refractivity contribution in [3.8, 4) is 11.1 Å². The summed E-state index contributed by atoms with van der Waals surface area (Å²) < 4.78 is 4.62. The molecule has 0 aliphatic rings. The second kappa shape index (κ2) is 5.25. The van der Waals surface area contributed by atoms with Gasteiger partial charge in [-0.25, -0.2) is 0 Å². The number of nitrogens with zero attached hydrogens (tertiary/aromatic N) is 1. The Morgan fingerprint density at radius 1 is 1.18 bits per heavy atom. The van der Waals surface area contributed by atoms with Crippen LogP contribution in [0.15, 0.2) is 48.7 Å². The van der Waals surface area contributed by atoms with Crippen LogP contribution in [0.2, 0.25) is 0 Å². The van der Waals surface area contributed by atoms with E-state index in [1.165, 1.54) is 7.11 Å². The highest BCUT2D eigenvalue weighted by Crippen LogP contribution is 2.18. The number of carbonyl (C=O) groups is 1. The summed E-state index contributed by atoms with van der Waals surface area (Å²) in [4.78, 5) is 15.3. The molecule has 0 aliphatic heterocycles. The third kappa shape index (κ3) is 2.91. The van der Waals surface area contributed by atoms with Gasteiger partial charge < -0.3 is 4.74 Å². The van der Waals surface area contributed by atoms with Crippen molar-refractivity contribution in [3.05, 3.63) is 54.4 Å². The molecule has 0 radical (unpaired) electrons. The molecule has 1 aromatic carbocycles. The Balaban J connectivity index is 2.26. The summed E-state index contributed by atoms with van der Waals surface area (Å²) in [5, 5.41) is 0. The van der Waals surface area contributed by atoms with E-state index >= 15 is 0 Å². The molecule has 17 heavy (non-hydrogen) atoms. The van der Waals surface area contributed by atoms with Crippen molar-refractivity contribution in [2.45, 2.75) is 6.42 Å². The molecular formula is C14H13NO2. The van der Waals surface area contributed by atoms with E-state index in [0.29, 0.717) is 0 Å². The largest absolute Gasteiger partial charge is 0.469 e. The van der Waals surface area contributed by atoms with Crippen molar-refractivity contribution in [1.29, 1.82) is 0 Å². The van der Waals surface area contributed by atoms with Gasteiger partial charge in [0.05, 0.1) is 19.2 Å². The molecule has 0 fully saturated rings. The van der Waals surface area contributed by atoms with Crippen molar-refractivity contribution >= 4 is 5.97 Å². The number of esters is 1. The second-order valence-electron chi connectivity index (χ2n) is 3.65. The molecule has 0 amide bonds. The molecule has 0 saturated carbocycles. The summed E-state index contributed by atoms with van der Waals surface area (Å²) in [6, 6.07) is 13.8. The van der Waals surface area contributed by atoms with Gasteiger partial charge in [-0.3, -0.25) is 9.78 Å². The molecule has 1 heterocycles. The summed E-state index contributed by atoms with van der Waals surface area (Å²) in [5.74, 6) is -0.275. The lowest BCUT2D eigenvalue weighted by Gasteiger charge is -2.04. The lowest BCUT2D eigenvalue weighted by molar-refractivity contribution is -0.139. The van der Waals surface area contributed by atoms with Gasteiger partial charge in [-0.2, -0.15) is 0 Å². The average Bonchev–Trinajstić information content (AvgIpc) is 2.40. The van der Waals surface area contributed by atoms with Gasteiger partial charge in [-0.1, -0.05) is 30.3 Å². The first-order valence-electron chi connectivity index (χ1n) is 5.37. The molecule has 0 saturated heterocycles. The zero-order valence-electron chi connectivity index (χ0n) is 9.59. The Morgan fingerprint density at radius 3 is 2.65 bits per heavy atom. The number of hydrogen-bond acceptors (Lipinski definition) is 3. The summed E-state index contributed by atoms with van der Waals surface area (Å²) in [6.45, 7) is 0. The van der Waals surface area contributed by atoms with Crippen molar-refractivity contribution in [3.63, 3.8) is 0 Å². The molecule has 0 bridgehead atoms. The third-order valence-corrected chi connectivity index (χ3v) is 2.48. The van der Waals surface area contributed by atoms with Crippen LogP contribution < -0.4 is 0 Å². The molecule has 0 atom stereocenters. The van der Waals surface area contributed by atoms with Crippen LogP contribution in [0.25, 0.3) is 11.1 Å². The van der Waals surface area contributed by atoms with E-state index in [-0.39, 0.29) is 12.4 Å². The molecule has 0 spiro atoms. The van der Waals surface area contributed by atoms with E-state index in [9.17, 15) is 4.79 Å². The fraction of sp³-hybridized carbons (Fsp3) is 0.143. The Morgan fingerprint density at radius 2 is 1.94 bits per heavy atom. The fourth-order valence-electron chi connectivity index (χ4n) is 1.61. The van der Waals surface area contributed by atoms with Gasteiger partial charge in [0.15, 0.2) is 0 Å². The third-order valence-electron chi connectivity index (χ3n) is 2.48. The lowest BCUT2D eigenvalue weighted by atomic mass is 10.1. The number of pyridine rings is 1. The number of ether oxygens (including phenoxy) is 1. The standard InChI is InChI=1S/C14H13NO2/c1-17-14(16)10-13-9-12(7-8-15-13)11-5-3-2-4-6-11/h2-9H,10H2,1H3. The maximum Gasteiger partial charge on any atom is 0.311 e. The molecule has 0 unspecified atom stereocenters. The Hall–Kier alpha value is -2.16. The van der Waals surface area contributed by atoms with Crippen LogP contribution in [0, 0.1) is 0 Å². The molecular weight excluding hydrogens is 214 g/mol. The molecule has 1 aromatic heterocycles. The summed E-state index contributed by atoms with van der Waals surface area (Å²) in [6.07, 6.45) is 1.91. The Bertz CT molecular complexity index is 509. The summed E-state index contributed by atoms with van der Waals surface area (Å²) in [5.41, 5.74) is 2.89. The highest BCUT2D eigenvalue weighted by molar-refractivity contribution is 5.73. The molecule has 0 aliphatic carbocycles. The molecule has 2 aromatic rings. The van der Waals surface area contributed by atoms with Gasteiger partial charge in [0.1, 0.15) is 0 Å². The van der Waals surface area contributed by atoms with Crippen molar-refractivity contribution in [1.82, 2.24) is 4.98 Å². The van der Waals surface area contributed by atoms with Crippen LogP contribution in [0.1, 0.15) is 5.69 Å². The van der Waals surface area contributed by atoms with Crippen molar-refractivity contribution in [2.75, 3.05) is 7.11 Å². The van der Waals surface area contributed by atoms with Gasteiger partial charge in [0, 0.05) is 6.20 Å². The first-order chi connectivity index (χ1) is 8.29. The van der Waals surface area contributed by atoms with Crippen LogP contribution >= 0.6 is 0 Å². The number of rotatable bonds is 3. The van der Waals surface area contributed by atoms with Gasteiger partial charge in [-0.15, -0.1) is 0 Å². The van der Waals surface area contributed by atoms with E-state index in [2.05, 4.69) is 9.72 Å². The monoisotopic (exact) mass is 227 g/mol. The van der Waals surface area contributed by atoms with Crippen LogP contribution in [0.3, 0.4) is 0 Å². The van der Waals surface area contributed by atoms with E-state index in [1.54, 1.807) is 6.20 Å². The lowest BCUT2D eigenvalue weighted by Crippen LogP contribution is -2.05. The number of carbonyl (C=O) groups excluding carboxylic acids is 1.